The number of rotatable bonds is 6. The summed E-state index contributed by atoms with van der Waals surface area (Å²) in [5.74, 6) is -0.463. The maximum atomic E-state index is 13.5. The van der Waals surface area contributed by atoms with Crippen LogP contribution in [0.2, 0.25) is 0 Å². The Balaban J connectivity index is 1.45. The maximum Gasteiger partial charge on any atom is 0.263 e. The number of nitrogens with zero attached hydrogens (tertiary/aromatic N) is 2. The van der Waals surface area contributed by atoms with E-state index < -0.39 is 6.04 Å². The number of nitrogens with one attached hydrogen (secondary N) is 1. The SMILES string of the molecule is CC(=O)c1cccc(NC(=O)C(C)n2cnc3scc(-c4ccc(-c5ccccc5)cc4)c3c2=O)c1. The number of thiophene rings is 1. The molecule has 1 N–H and O–H groups in total. The predicted octanol–water partition coefficient (Wildman–Crippen LogP) is 6.19. The van der Waals surface area contributed by atoms with Gasteiger partial charge in [0, 0.05) is 22.2 Å². The maximum absolute atomic E-state index is 13.5. The minimum Gasteiger partial charge on any atom is -0.324 e. The second-order valence-corrected chi connectivity index (χ2v) is 9.39. The van der Waals surface area contributed by atoms with Gasteiger partial charge in [-0.1, -0.05) is 66.7 Å². The van der Waals surface area contributed by atoms with Gasteiger partial charge in [0.1, 0.15) is 10.9 Å². The summed E-state index contributed by atoms with van der Waals surface area (Å²) in [6.07, 6.45) is 1.42. The number of Topliss-reactive ketones (excluding diaryl/α,β-unsaturated/α-hetero) is 1. The first-order valence-electron chi connectivity index (χ1n) is 11.5. The summed E-state index contributed by atoms with van der Waals surface area (Å²) in [7, 11) is 0. The van der Waals surface area contributed by atoms with Gasteiger partial charge in [-0.2, -0.15) is 0 Å². The average molecular weight is 494 g/mol. The first-order chi connectivity index (χ1) is 17.4. The van der Waals surface area contributed by atoms with E-state index in [9.17, 15) is 14.4 Å². The van der Waals surface area contributed by atoms with E-state index >= 15 is 0 Å². The van der Waals surface area contributed by atoms with Crippen molar-refractivity contribution in [2.75, 3.05) is 5.32 Å². The van der Waals surface area contributed by atoms with Gasteiger partial charge < -0.3 is 5.32 Å². The number of hydrogen-bond acceptors (Lipinski definition) is 5. The monoisotopic (exact) mass is 493 g/mol. The van der Waals surface area contributed by atoms with E-state index in [4.69, 9.17) is 0 Å². The van der Waals surface area contributed by atoms with E-state index in [-0.39, 0.29) is 17.2 Å². The molecule has 2 aromatic heterocycles. The van der Waals surface area contributed by atoms with E-state index in [1.165, 1.54) is 29.2 Å². The standard InChI is InChI=1S/C29H23N3O3S/c1-18(27(34)31-24-10-6-9-23(15-24)19(2)33)32-17-30-28-26(29(32)35)25(16-36-28)22-13-11-21(12-14-22)20-7-4-3-5-8-20/h3-18H,1-2H3,(H,31,34). The number of aromatic nitrogens is 2. The fraction of sp³-hybridized carbons (Fsp3) is 0.103. The summed E-state index contributed by atoms with van der Waals surface area (Å²) < 4.78 is 1.35. The predicted molar refractivity (Wildman–Crippen MR) is 145 cm³/mol. The highest BCUT2D eigenvalue weighted by molar-refractivity contribution is 7.17. The third kappa shape index (κ3) is 4.48. The third-order valence-corrected chi connectivity index (χ3v) is 7.04. The van der Waals surface area contributed by atoms with Crippen molar-refractivity contribution in [1.29, 1.82) is 0 Å². The molecule has 0 spiro atoms. The molecule has 0 aliphatic heterocycles. The Bertz CT molecular complexity index is 1640. The molecule has 36 heavy (non-hydrogen) atoms. The number of anilines is 1. The highest BCUT2D eigenvalue weighted by Crippen LogP contribution is 2.32. The van der Waals surface area contributed by atoms with Crippen LogP contribution in [0.15, 0.2) is 95.4 Å². The summed E-state index contributed by atoms with van der Waals surface area (Å²) in [4.78, 5) is 43.2. The van der Waals surface area contributed by atoms with Crippen LogP contribution in [0.1, 0.15) is 30.2 Å². The molecule has 7 heteroatoms. The summed E-state index contributed by atoms with van der Waals surface area (Å²) in [6, 6.07) is 24.1. The highest BCUT2D eigenvalue weighted by atomic mass is 32.1. The number of hydrogen-bond donors (Lipinski definition) is 1. The van der Waals surface area contributed by atoms with Crippen LogP contribution in [0.3, 0.4) is 0 Å². The molecule has 178 valence electrons. The van der Waals surface area contributed by atoms with Crippen molar-refractivity contribution in [3.8, 4) is 22.3 Å². The van der Waals surface area contributed by atoms with Crippen molar-refractivity contribution in [2.24, 2.45) is 0 Å². The molecule has 0 aliphatic rings. The normalized spacial score (nSPS) is 11.8. The van der Waals surface area contributed by atoms with Gasteiger partial charge in [0.15, 0.2) is 5.78 Å². The topological polar surface area (TPSA) is 81.1 Å². The molecule has 5 aromatic rings. The van der Waals surface area contributed by atoms with Gasteiger partial charge in [-0.3, -0.25) is 19.0 Å². The fourth-order valence-electron chi connectivity index (χ4n) is 4.10. The highest BCUT2D eigenvalue weighted by Gasteiger charge is 2.20. The molecule has 0 bridgehead atoms. The van der Waals surface area contributed by atoms with Gasteiger partial charge in [-0.05, 0) is 42.7 Å². The number of fused-ring (bicyclic) bond motifs is 1. The molecule has 3 aromatic carbocycles. The Labute approximate surface area is 211 Å². The number of ketones is 1. The van der Waals surface area contributed by atoms with Gasteiger partial charge in [0.2, 0.25) is 5.91 Å². The Hall–Kier alpha value is -4.36. The second-order valence-electron chi connectivity index (χ2n) is 8.53. The molecule has 0 aliphatic carbocycles. The summed E-state index contributed by atoms with van der Waals surface area (Å²) >= 11 is 1.40. The lowest BCUT2D eigenvalue weighted by molar-refractivity contribution is -0.118. The first kappa shape index (κ1) is 23.4. The van der Waals surface area contributed by atoms with Crippen molar-refractivity contribution in [3.05, 3.63) is 106 Å². The molecule has 0 saturated heterocycles. The van der Waals surface area contributed by atoms with Gasteiger partial charge in [-0.25, -0.2) is 4.98 Å². The molecule has 5 rings (SSSR count). The zero-order chi connectivity index (χ0) is 25.2. The zero-order valence-corrected chi connectivity index (χ0v) is 20.6. The molecule has 0 radical (unpaired) electrons. The smallest absolute Gasteiger partial charge is 0.263 e. The van der Waals surface area contributed by atoms with E-state index in [0.717, 1.165) is 22.3 Å². The molecule has 6 nitrogen and oxygen atoms in total. The van der Waals surface area contributed by atoms with Crippen molar-refractivity contribution < 1.29 is 9.59 Å². The molecule has 0 fully saturated rings. The van der Waals surface area contributed by atoms with Crippen LogP contribution >= 0.6 is 11.3 Å². The van der Waals surface area contributed by atoms with Crippen LogP contribution in [0.25, 0.3) is 32.5 Å². The van der Waals surface area contributed by atoms with Crippen LogP contribution in [0, 0.1) is 0 Å². The molecule has 2 heterocycles. The van der Waals surface area contributed by atoms with E-state index in [0.29, 0.717) is 21.5 Å². The molecular formula is C29H23N3O3S. The lowest BCUT2D eigenvalue weighted by atomic mass is 10.0. The number of amides is 1. The minimum atomic E-state index is -0.802. The Morgan fingerprint density at radius 1 is 0.917 bits per heavy atom. The number of carbonyl (C=O) groups is 2. The zero-order valence-electron chi connectivity index (χ0n) is 19.8. The van der Waals surface area contributed by atoms with E-state index in [2.05, 4.69) is 22.4 Å². The number of carbonyl (C=O) groups excluding carboxylic acids is 2. The lowest BCUT2D eigenvalue weighted by Gasteiger charge is -2.15. The van der Waals surface area contributed by atoms with Gasteiger partial charge in [0.05, 0.1) is 11.7 Å². The number of benzene rings is 3. The summed E-state index contributed by atoms with van der Waals surface area (Å²) in [5.41, 5.74) is 4.64. The Morgan fingerprint density at radius 2 is 1.61 bits per heavy atom. The first-order valence-corrected chi connectivity index (χ1v) is 12.4. The van der Waals surface area contributed by atoms with E-state index in [1.54, 1.807) is 31.2 Å². The van der Waals surface area contributed by atoms with E-state index in [1.807, 2.05) is 47.8 Å². The Morgan fingerprint density at radius 3 is 2.33 bits per heavy atom. The average Bonchev–Trinajstić information content (AvgIpc) is 3.34. The summed E-state index contributed by atoms with van der Waals surface area (Å²) in [5, 5.41) is 5.22. The van der Waals surface area contributed by atoms with Gasteiger partial charge in [0.25, 0.3) is 5.56 Å². The molecule has 1 atom stereocenters. The van der Waals surface area contributed by atoms with Crippen molar-refractivity contribution in [1.82, 2.24) is 9.55 Å². The van der Waals surface area contributed by atoms with Crippen LogP contribution in [0.5, 0.6) is 0 Å². The van der Waals surface area contributed by atoms with Crippen molar-refractivity contribution >= 4 is 38.9 Å². The van der Waals surface area contributed by atoms with Gasteiger partial charge >= 0.3 is 0 Å². The van der Waals surface area contributed by atoms with Crippen LogP contribution < -0.4 is 10.9 Å². The van der Waals surface area contributed by atoms with Crippen LogP contribution in [-0.4, -0.2) is 21.2 Å². The largest absolute Gasteiger partial charge is 0.324 e. The van der Waals surface area contributed by atoms with Crippen LogP contribution in [0.4, 0.5) is 5.69 Å². The second kappa shape index (κ2) is 9.71. The third-order valence-electron chi connectivity index (χ3n) is 6.16. The summed E-state index contributed by atoms with van der Waals surface area (Å²) in [6.45, 7) is 3.12. The quantitative estimate of drug-likeness (QED) is 0.286. The van der Waals surface area contributed by atoms with Crippen molar-refractivity contribution in [2.45, 2.75) is 19.9 Å². The molecule has 1 amide bonds. The molecular weight excluding hydrogens is 470 g/mol. The molecule has 1 unspecified atom stereocenters. The Kier molecular flexibility index (Phi) is 6.31. The fourth-order valence-corrected chi connectivity index (χ4v) is 5.00. The molecule has 0 saturated carbocycles. The lowest BCUT2D eigenvalue weighted by Crippen LogP contribution is -2.31. The van der Waals surface area contributed by atoms with Gasteiger partial charge in [-0.15, -0.1) is 11.3 Å². The minimum absolute atomic E-state index is 0.0909. The van der Waals surface area contributed by atoms with Crippen LogP contribution in [-0.2, 0) is 4.79 Å². The van der Waals surface area contributed by atoms with Crippen molar-refractivity contribution in [3.63, 3.8) is 0 Å².